The number of carbonyl (C=O) groups excluding carboxylic acids is 1. The molecule has 37 heavy (non-hydrogen) atoms. The van der Waals surface area contributed by atoms with E-state index in [9.17, 15) is 9.18 Å². The summed E-state index contributed by atoms with van der Waals surface area (Å²) < 4.78 is 18.8. The van der Waals surface area contributed by atoms with Gasteiger partial charge >= 0.3 is 0 Å². The summed E-state index contributed by atoms with van der Waals surface area (Å²) >= 11 is 0. The van der Waals surface area contributed by atoms with E-state index in [0.717, 1.165) is 28.2 Å². The van der Waals surface area contributed by atoms with Gasteiger partial charge in [0.1, 0.15) is 24.5 Å². The van der Waals surface area contributed by atoms with Crippen LogP contribution in [0.2, 0.25) is 0 Å². The monoisotopic (exact) mass is 499 g/mol. The lowest BCUT2D eigenvalue weighted by atomic mass is 9.90. The van der Waals surface area contributed by atoms with Gasteiger partial charge in [-0.2, -0.15) is 0 Å². The molecule has 1 unspecified atom stereocenters. The molecule has 1 saturated heterocycles. The molecule has 0 spiro atoms. The highest BCUT2D eigenvalue weighted by Crippen LogP contribution is 2.35. The van der Waals surface area contributed by atoms with Gasteiger partial charge < -0.3 is 19.4 Å². The molecule has 8 heteroatoms. The minimum Gasteiger partial charge on any atom is -0.481 e. The molecule has 2 aliphatic rings. The zero-order valence-corrected chi connectivity index (χ0v) is 21.0. The number of rotatable bonds is 6. The predicted molar refractivity (Wildman–Crippen MR) is 142 cm³/mol. The van der Waals surface area contributed by atoms with Crippen molar-refractivity contribution in [2.24, 2.45) is 5.92 Å². The van der Waals surface area contributed by atoms with E-state index in [2.05, 4.69) is 40.0 Å². The zero-order chi connectivity index (χ0) is 25.8. The molecular formula is C29H30FN5O2. The van der Waals surface area contributed by atoms with Crippen molar-refractivity contribution in [2.75, 3.05) is 44.7 Å². The van der Waals surface area contributed by atoms with Crippen LogP contribution < -0.4 is 9.64 Å². The first kappa shape index (κ1) is 24.5. The molecule has 0 N–H and O–H groups in total. The molecule has 5 rings (SSSR count). The minimum absolute atomic E-state index is 0.0611. The normalized spacial score (nSPS) is 17.8. The lowest BCUT2D eigenvalue weighted by Crippen LogP contribution is -2.51. The summed E-state index contributed by atoms with van der Waals surface area (Å²) in [4.78, 5) is 28.0. The number of ether oxygens (including phenoxy) is 1. The van der Waals surface area contributed by atoms with E-state index in [-0.39, 0.29) is 24.2 Å². The Morgan fingerprint density at radius 3 is 2.43 bits per heavy atom. The highest BCUT2D eigenvalue weighted by atomic mass is 19.1. The van der Waals surface area contributed by atoms with Crippen LogP contribution in [0.25, 0.3) is 11.3 Å². The van der Waals surface area contributed by atoms with Gasteiger partial charge in [-0.25, -0.2) is 14.4 Å². The highest BCUT2D eigenvalue weighted by molar-refractivity contribution is 5.84. The Labute approximate surface area is 216 Å². The Hall–Kier alpha value is -4.20. The van der Waals surface area contributed by atoms with Crippen LogP contribution in [0.15, 0.2) is 79.3 Å². The number of hydrogen-bond acceptors (Lipinski definition) is 6. The van der Waals surface area contributed by atoms with E-state index in [1.807, 2.05) is 40.3 Å². The van der Waals surface area contributed by atoms with Gasteiger partial charge in [0.25, 0.3) is 0 Å². The van der Waals surface area contributed by atoms with Crippen molar-refractivity contribution < 1.29 is 13.9 Å². The maximum absolute atomic E-state index is 13.6. The summed E-state index contributed by atoms with van der Waals surface area (Å²) in [6.07, 6.45) is 5.72. The predicted octanol–water partition coefficient (Wildman–Crippen LogP) is 4.31. The number of hydrogen-bond donors (Lipinski definition) is 0. The van der Waals surface area contributed by atoms with E-state index in [4.69, 9.17) is 4.74 Å². The molecule has 1 amide bonds. The largest absolute Gasteiger partial charge is 0.481 e. The summed E-state index contributed by atoms with van der Waals surface area (Å²) in [5, 5.41) is 0. The Kier molecular flexibility index (Phi) is 7.16. The number of anilines is 1. The molecular weight excluding hydrogens is 469 g/mol. The molecule has 1 atom stereocenters. The average molecular weight is 500 g/mol. The van der Waals surface area contributed by atoms with Crippen LogP contribution in [-0.4, -0.2) is 65.5 Å². The Morgan fingerprint density at radius 1 is 1.00 bits per heavy atom. The van der Waals surface area contributed by atoms with E-state index in [1.165, 1.54) is 18.5 Å². The Bertz CT molecular complexity index is 1300. The fourth-order valence-corrected chi connectivity index (χ4v) is 4.80. The number of halogens is 1. The van der Waals surface area contributed by atoms with Gasteiger partial charge in [-0.3, -0.25) is 4.79 Å². The van der Waals surface area contributed by atoms with Crippen LogP contribution in [0.4, 0.5) is 10.2 Å². The number of piperazine rings is 1. The van der Waals surface area contributed by atoms with Crippen LogP contribution in [0, 0.1) is 11.7 Å². The fraction of sp³-hybridized carbons (Fsp3) is 0.276. The maximum Gasteiger partial charge on any atom is 0.242 e. The van der Waals surface area contributed by atoms with Crippen molar-refractivity contribution in [2.45, 2.75) is 6.92 Å². The molecule has 0 aliphatic carbocycles. The molecule has 3 heterocycles. The Balaban J connectivity index is 1.33. The molecule has 1 fully saturated rings. The van der Waals surface area contributed by atoms with E-state index < -0.39 is 0 Å². The van der Waals surface area contributed by atoms with Crippen LogP contribution in [0.5, 0.6) is 5.88 Å². The first-order valence-electron chi connectivity index (χ1n) is 12.4. The van der Waals surface area contributed by atoms with Crippen molar-refractivity contribution in [3.63, 3.8) is 0 Å². The number of methoxy groups -OCH3 is 1. The number of carbonyl (C=O) groups is 1. The first-order chi connectivity index (χ1) is 18.0. The average Bonchev–Trinajstić information content (AvgIpc) is 2.95. The van der Waals surface area contributed by atoms with Crippen molar-refractivity contribution >= 4 is 23.0 Å². The van der Waals surface area contributed by atoms with E-state index >= 15 is 0 Å². The summed E-state index contributed by atoms with van der Waals surface area (Å²) in [7, 11) is 1.58. The van der Waals surface area contributed by atoms with Crippen molar-refractivity contribution in [3.05, 3.63) is 96.2 Å². The molecule has 190 valence electrons. The highest BCUT2D eigenvalue weighted by Gasteiger charge is 2.27. The number of nitrogens with zero attached hydrogens (tertiary/aromatic N) is 5. The third kappa shape index (κ3) is 5.48. The number of aromatic nitrogens is 2. The summed E-state index contributed by atoms with van der Waals surface area (Å²) in [5.74, 6) is 1.23. The first-order valence-corrected chi connectivity index (χ1v) is 12.4. The standard InChI is InChI=1S/C29H30FN5O2/c1-21-16-26(23-6-4-3-5-7-23)35(18-25(21)22-8-10-24(30)11-9-22)19-29(36)34-14-12-33(13-15-34)27-17-28(37-2)32-20-31-27/h3-11,16-18,20-21H,12-15,19H2,1-2H3. The molecule has 1 aromatic heterocycles. The number of allylic oxidation sites excluding steroid dienone is 2. The summed E-state index contributed by atoms with van der Waals surface area (Å²) in [6.45, 7) is 4.92. The van der Waals surface area contributed by atoms with Crippen LogP contribution in [0.1, 0.15) is 18.1 Å². The second kappa shape index (κ2) is 10.8. The van der Waals surface area contributed by atoms with Gasteiger partial charge in [-0.1, -0.05) is 55.5 Å². The van der Waals surface area contributed by atoms with Gasteiger partial charge in [0.05, 0.1) is 7.11 Å². The molecule has 2 aromatic carbocycles. The quantitative estimate of drug-likeness (QED) is 0.504. The summed E-state index contributed by atoms with van der Waals surface area (Å²) in [6, 6.07) is 18.4. The van der Waals surface area contributed by atoms with Gasteiger partial charge in [0.15, 0.2) is 0 Å². The topological polar surface area (TPSA) is 61.8 Å². The van der Waals surface area contributed by atoms with E-state index in [1.54, 1.807) is 19.2 Å². The third-order valence-corrected chi connectivity index (χ3v) is 6.85. The van der Waals surface area contributed by atoms with Crippen molar-refractivity contribution in [1.29, 1.82) is 0 Å². The zero-order valence-electron chi connectivity index (χ0n) is 21.0. The Morgan fingerprint density at radius 2 is 1.73 bits per heavy atom. The number of benzene rings is 2. The van der Waals surface area contributed by atoms with Crippen LogP contribution >= 0.6 is 0 Å². The minimum atomic E-state index is -0.264. The molecule has 3 aromatic rings. The second-order valence-corrected chi connectivity index (χ2v) is 9.21. The van der Waals surface area contributed by atoms with Gasteiger partial charge in [0, 0.05) is 50.1 Å². The van der Waals surface area contributed by atoms with Crippen LogP contribution in [0.3, 0.4) is 0 Å². The fourth-order valence-electron chi connectivity index (χ4n) is 4.80. The maximum atomic E-state index is 13.6. The lowest BCUT2D eigenvalue weighted by Gasteiger charge is -2.37. The second-order valence-electron chi connectivity index (χ2n) is 9.21. The van der Waals surface area contributed by atoms with Gasteiger partial charge in [0.2, 0.25) is 11.8 Å². The molecule has 0 radical (unpaired) electrons. The number of amides is 1. The van der Waals surface area contributed by atoms with Crippen molar-refractivity contribution in [1.82, 2.24) is 19.8 Å². The SMILES string of the molecule is COc1cc(N2CCN(C(=O)CN3C=C(c4ccc(F)cc4)C(C)C=C3c3ccccc3)CC2)ncn1. The van der Waals surface area contributed by atoms with Crippen molar-refractivity contribution in [3.8, 4) is 5.88 Å². The smallest absolute Gasteiger partial charge is 0.242 e. The lowest BCUT2D eigenvalue weighted by molar-refractivity contribution is -0.131. The molecule has 0 bridgehead atoms. The van der Waals surface area contributed by atoms with Gasteiger partial charge in [-0.05, 0) is 28.8 Å². The molecule has 7 nitrogen and oxygen atoms in total. The molecule has 0 saturated carbocycles. The molecule has 2 aliphatic heterocycles. The van der Waals surface area contributed by atoms with E-state index in [0.29, 0.717) is 32.1 Å². The summed E-state index contributed by atoms with van der Waals surface area (Å²) in [5.41, 5.74) is 4.05. The van der Waals surface area contributed by atoms with Crippen LogP contribution in [-0.2, 0) is 4.79 Å². The third-order valence-electron chi connectivity index (χ3n) is 6.85. The van der Waals surface area contributed by atoms with Gasteiger partial charge in [-0.15, -0.1) is 0 Å².